The van der Waals surface area contributed by atoms with Crippen molar-refractivity contribution in [2.24, 2.45) is 0 Å². The zero-order valence-electron chi connectivity index (χ0n) is 7.88. The number of halogens is 2. The fourth-order valence-electron chi connectivity index (χ4n) is 1.21. The molecule has 1 rings (SSSR count). The van der Waals surface area contributed by atoms with Crippen LogP contribution in [0.2, 0.25) is 0 Å². The molecule has 5 heteroatoms. The predicted octanol–water partition coefficient (Wildman–Crippen LogP) is 1.79. The molecule has 0 aliphatic heterocycles. The van der Waals surface area contributed by atoms with Gasteiger partial charge in [-0.25, -0.2) is 13.6 Å². The lowest BCUT2D eigenvalue weighted by molar-refractivity contribution is -0.131. The summed E-state index contributed by atoms with van der Waals surface area (Å²) < 4.78 is 26.4. The Hall–Kier alpha value is -1.78. The van der Waals surface area contributed by atoms with Gasteiger partial charge in [0.05, 0.1) is 5.56 Å². The highest BCUT2D eigenvalue weighted by molar-refractivity contribution is 6.39. The largest absolute Gasteiger partial charge is 0.475 e. The van der Waals surface area contributed by atoms with E-state index in [1.54, 1.807) is 0 Å². The van der Waals surface area contributed by atoms with E-state index in [9.17, 15) is 18.4 Å². The number of Topliss-reactive ketones (excluding diaryl/α,β-unsaturated/α-hetero) is 1. The van der Waals surface area contributed by atoms with Gasteiger partial charge in [-0.1, -0.05) is 6.92 Å². The van der Waals surface area contributed by atoms with Gasteiger partial charge >= 0.3 is 5.97 Å². The van der Waals surface area contributed by atoms with Gasteiger partial charge in [0.2, 0.25) is 0 Å². The van der Waals surface area contributed by atoms with Gasteiger partial charge in [-0.3, -0.25) is 4.79 Å². The third-order valence-electron chi connectivity index (χ3n) is 1.98. The second-order valence-corrected chi connectivity index (χ2v) is 2.88. The molecule has 0 heterocycles. The fourth-order valence-corrected chi connectivity index (χ4v) is 1.21. The fraction of sp³-hybridized carbons (Fsp3) is 0.200. The Morgan fingerprint density at radius 2 is 1.93 bits per heavy atom. The first-order valence-corrected chi connectivity index (χ1v) is 4.23. The highest BCUT2D eigenvalue weighted by Gasteiger charge is 2.22. The lowest BCUT2D eigenvalue weighted by atomic mass is 10.0. The van der Waals surface area contributed by atoms with E-state index in [4.69, 9.17) is 5.11 Å². The number of carbonyl (C=O) groups excluding carboxylic acids is 1. The van der Waals surface area contributed by atoms with E-state index in [1.807, 2.05) is 0 Å². The van der Waals surface area contributed by atoms with Crippen LogP contribution in [0.15, 0.2) is 12.1 Å². The monoisotopic (exact) mass is 214 g/mol. The molecule has 0 aliphatic rings. The first-order valence-electron chi connectivity index (χ1n) is 4.23. The molecule has 0 bridgehead atoms. The SMILES string of the molecule is CCc1c(F)ccc(C(=O)C(=O)O)c1F. The van der Waals surface area contributed by atoms with Crippen LogP contribution in [0.3, 0.4) is 0 Å². The van der Waals surface area contributed by atoms with Crippen molar-refractivity contribution in [2.45, 2.75) is 13.3 Å². The van der Waals surface area contributed by atoms with E-state index in [2.05, 4.69) is 0 Å². The number of carboxylic acids is 1. The van der Waals surface area contributed by atoms with Crippen LogP contribution in [0, 0.1) is 11.6 Å². The maximum Gasteiger partial charge on any atom is 0.377 e. The first kappa shape index (κ1) is 11.3. The summed E-state index contributed by atoms with van der Waals surface area (Å²) in [5, 5.41) is 8.38. The van der Waals surface area contributed by atoms with E-state index < -0.39 is 29.0 Å². The van der Waals surface area contributed by atoms with E-state index in [0.717, 1.165) is 12.1 Å². The van der Waals surface area contributed by atoms with Crippen molar-refractivity contribution in [3.05, 3.63) is 34.9 Å². The third kappa shape index (κ3) is 2.01. The molecular formula is C10H8F2O3. The van der Waals surface area contributed by atoms with Gasteiger partial charge < -0.3 is 5.11 Å². The highest BCUT2D eigenvalue weighted by atomic mass is 19.1. The van der Waals surface area contributed by atoms with Crippen molar-refractivity contribution >= 4 is 11.8 Å². The van der Waals surface area contributed by atoms with Crippen molar-refractivity contribution in [3.8, 4) is 0 Å². The van der Waals surface area contributed by atoms with E-state index in [1.165, 1.54) is 6.92 Å². The Morgan fingerprint density at radius 3 is 2.40 bits per heavy atom. The summed E-state index contributed by atoms with van der Waals surface area (Å²) in [7, 11) is 0. The minimum Gasteiger partial charge on any atom is -0.475 e. The lowest BCUT2D eigenvalue weighted by Gasteiger charge is -2.05. The van der Waals surface area contributed by atoms with E-state index in [0.29, 0.717) is 0 Å². The number of hydrogen-bond acceptors (Lipinski definition) is 2. The average Bonchev–Trinajstić information content (AvgIpc) is 2.17. The number of rotatable bonds is 3. The molecule has 0 saturated carbocycles. The first-order chi connectivity index (χ1) is 6.99. The molecule has 15 heavy (non-hydrogen) atoms. The van der Waals surface area contributed by atoms with Gasteiger partial charge in [0, 0.05) is 5.56 Å². The number of ketones is 1. The number of carboxylic acid groups (broad SMARTS) is 1. The maximum atomic E-state index is 13.4. The molecule has 0 spiro atoms. The quantitative estimate of drug-likeness (QED) is 0.616. The number of carbonyl (C=O) groups is 2. The molecule has 0 fully saturated rings. The molecule has 1 aromatic carbocycles. The van der Waals surface area contributed by atoms with Crippen LogP contribution in [0.1, 0.15) is 22.8 Å². The Bertz CT molecular complexity index is 427. The molecule has 0 unspecified atom stereocenters. The van der Waals surface area contributed by atoms with Crippen LogP contribution in [-0.2, 0) is 11.2 Å². The van der Waals surface area contributed by atoms with Crippen molar-refractivity contribution < 1.29 is 23.5 Å². The summed E-state index contributed by atoms with van der Waals surface area (Å²) in [5.41, 5.74) is -0.886. The van der Waals surface area contributed by atoms with Crippen LogP contribution in [0.25, 0.3) is 0 Å². The zero-order chi connectivity index (χ0) is 11.6. The minimum absolute atomic E-state index is 0.0540. The molecule has 0 radical (unpaired) electrons. The van der Waals surface area contributed by atoms with Gasteiger partial charge in [0.25, 0.3) is 5.78 Å². The summed E-state index contributed by atoms with van der Waals surface area (Å²) in [4.78, 5) is 21.3. The van der Waals surface area contributed by atoms with Crippen LogP contribution in [0.4, 0.5) is 8.78 Å². The average molecular weight is 214 g/mol. The summed E-state index contributed by atoms with van der Waals surface area (Å²) in [6.07, 6.45) is 0.0540. The Kier molecular flexibility index (Phi) is 3.14. The molecule has 0 aliphatic carbocycles. The Morgan fingerprint density at radius 1 is 1.33 bits per heavy atom. The smallest absolute Gasteiger partial charge is 0.377 e. The van der Waals surface area contributed by atoms with Crippen LogP contribution < -0.4 is 0 Å². The second-order valence-electron chi connectivity index (χ2n) is 2.88. The normalized spacial score (nSPS) is 10.1. The van der Waals surface area contributed by atoms with Crippen molar-refractivity contribution in [1.29, 1.82) is 0 Å². The number of hydrogen-bond donors (Lipinski definition) is 1. The summed E-state index contributed by atoms with van der Waals surface area (Å²) >= 11 is 0. The second kappa shape index (κ2) is 4.16. The standard InChI is InChI=1S/C10H8F2O3/c1-2-5-7(11)4-3-6(8(5)12)9(13)10(14)15/h3-4H,2H2,1H3,(H,14,15). The Labute approximate surface area is 84.3 Å². The lowest BCUT2D eigenvalue weighted by Crippen LogP contribution is -2.15. The molecule has 1 aromatic rings. The zero-order valence-corrected chi connectivity index (χ0v) is 7.88. The summed E-state index contributed by atoms with van der Waals surface area (Å²) in [5.74, 6) is -5.01. The summed E-state index contributed by atoms with van der Waals surface area (Å²) in [6, 6.07) is 1.72. The predicted molar refractivity (Wildman–Crippen MR) is 47.7 cm³/mol. The number of aliphatic carboxylic acids is 1. The highest BCUT2D eigenvalue weighted by Crippen LogP contribution is 2.17. The number of benzene rings is 1. The third-order valence-corrected chi connectivity index (χ3v) is 1.98. The van der Waals surface area contributed by atoms with Crippen LogP contribution in [-0.4, -0.2) is 16.9 Å². The van der Waals surface area contributed by atoms with Crippen molar-refractivity contribution in [2.75, 3.05) is 0 Å². The maximum absolute atomic E-state index is 13.4. The molecular weight excluding hydrogens is 206 g/mol. The van der Waals surface area contributed by atoms with Gasteiger partial charge in [-0.05, 0) is 18.6 Å². The Balaban J connectivity index is 3.34. The molecule has 3 nitrogen and oxygen atoms in total. The van der Waals surface area contributed by atoms with Crippen molar-refractivity contribution in [1.82, 2.24) is 0 Å². The van der Waals surface area contributed by atoms with E-state index in [-0.39, 0.29) is 12.0 Å². The molecule has 0 saturated heterocycles. The topological polar surface area (TPSA) is 54.4 Å². The summed E-state index contributed by atoms with van der Waals surface area (Å²) in [6.45, 7) is 1.51. The van der Waals surface area contributed by atoms with Crippen LogP contribution in [0.5, 0.6) is 0 Å². The van der Waals surface area contributed by atoms with Gasteiger partial charge in [-0.15, -0.1) is 0 Å². The van der Waals surface area contributed by atoms with E-state index >= 15 is 0 Å². The van der Waals surface area contributed by atoms with Crippen molar-refractivity contribution in [3.63, 3.8) is 0 Å². The molecule has 80 valence electrons. The molecule has 1 N–H and O–H groups in total. The molecule has 0 atom stereocenters. The molecule has 0 amide bonds. The van der Waals surface area contributed by atoms with Gasteiger partial charge in [0.15, 0.2) is 0 Å². The molecule has 0 aromatic heterocycles. The minimum atomic E-state index is -1.76. The van der Waals surface area contributed by atoms with Gasteiger partial charge in [-0.2, -0.15) is 0 Å². The van der Waals surface area contributed by atoms with Gasteiger partial charge in [0.1, 0.15) is 11.6 Å². The van der Waals surface area contributed by atoms with Crippen LogP contribution >= 0.6 is 0 Å².